The number of aliphatic imine (C=N–C) groups is 1. The van der Waals surface area contributed by atoms with Gasteiger partial charge in [-0.3, -0.25) is 0 Å². The number of amidine groups is 1. The first-order valence-corrected chi connectivity index (χ1v) is 9.32. The van der Waals surface area contributed by atoms with Gasteiger partial charge in [0.15, 0.2) is 5.84 Å². The zero-order chi connectivity index (χ0) is 21.9. The highest BCUT2D eigenvalue weighted by atomic mass is 19.4. The van der Waals surface area contributed by atoms with E-state index in [0.717, 1.165) is 17.7 Å². The molecular weight excluding hydrogens is 401 g/mol. The van der Waals surface area contributed by atoms with E-state index in [-0.39, 0.29) is 24.5 Å². The van der Waals surface area contributed by atoms with E-state index in [9.17, 15) is 18.0 Å². The van der Waals surface area contributed by atoms with Crippen molar-refractivity contribution >= 4 is 17.6 Å². The van der Waals surface area contributed by atoms with E-state index in [1.54, 1.807) is 20.1 Å². The third-order valence-electron chi connectivity index (χ3n) is 5.06. The molecule has 3 rings (SSSR count). The number of methoxy groups -OCH3 is 1. The Hall–Kier alpha value is -2.88. The van der Waals surface area contributed by atoms with Gasteiger partial charge in [0.25, 0.3) is 0 Å². The molecule has 2 amide bonds. The first-order chi connectivity index (χ1) is 14.2. The van der Waals surface area contributed by atoms with Crippen molar-refractivity contribution in [2.45, 2.75) is 32.5 Å². The van der Waals surface area contributed by atoms with E-state index in [0.29, 0.717) is 23.5 Å². The zero-order valence-corrected chi connectivity index (χ0v) is 16.7. The van der Waals surface area contributed by atoms with Crippen molar-refractivity contribution in [1.29, 1.82) is 0 Å². The van der Waals surface area contributed by atoms with Crippen molar-refractivity contribution in [3.8, 4) is 0 Å². The molecule has 7 nitrogen and oxygen atoms in total. The maximum atomic E-state index is 12.9. The molecule has 0 bridgehead atoms. The number of urea groups is 1. The second-order valence-corrected chi connectivity index (χ2v) is 7.19. The van der Waals surface area contributed by atoms with Gasteiger partial charge in [0, 0.05) is 18.6 Å². The van der Waals surface area contributed by atoms with Crippen LogP contribution >= 0.6 is 0 Å². The van der Waals surface area contributed by atoms with Crippen LogP contribution in [0.3, 0.4) is 0 Å². The molecule has 10 heteroatoms. The lowest BCUT2D eigenvalue weighted by Gasteiger charge is -2.31. The number of alkyl halides is 3. The Bertz CT molecular complexity index is 937. The Kier molecular flexibility index (Phi) is 6.45. The molecule has 0 radical (unpaired) electrons. The Morgan fingerprint density at radius 1 is 1.30 bits per heavy atom. The first kappa shape index (κ1) is 21.8. The summed E-state index contributed by atoms with van der Waals surface area (Å²) in [6, 6.07) is 4.30. The van der Waals surface area contributed by atoms with Crippen molar-refractivity contribution in [2.24, 2.45) is 32.2 Å². The predicted molar refractivity (Wildman–Crippen MR) is 103 cm³/mol. The lowest BCUT2D eigenvalue weighted by atomic mass is 9.80. The number of halogens is 3. The third-order valence-corrected chi connectivity index (χ3v) is 5.06. The van der Waals surface area contributed by atoms with Crippen molar-refractivity contribution in [1.82, 2.24) is 0 Å². The number of ether oxygens (including phenoxy) is 1. The first-order valence-electron chi connectivity index (χ1n) is 9.32. The number of benzene rings is 1. The minimum atomic E-state index is -4.42. The lowest BCUT2D eigenvalue weighted by molar-refractivity contribution is -0.137. The highest BCUT2D eigenvalue weighted by Gasteiger charge is 2.33. The second kappa shape index (κ2) is 8.86. The molecular formula is C20H21F3N4O3. The van der Waals surface area contributed by atoms with Crippen LogP contribution in [0.1, 0.15) is 31.4 Å². The van der Waals surface area contributed by atoms with Gasteiger partial charge >= 0.3 is 12.2 Å². The molecule has 2 aliphatic rings. The molecule has 0 aromatic heterocycles. The number of carbonyl (C=O) groups excluding carboxylic acids is 1. The van der Waals surface area contributed by atoms with E-state index < -0.39 is 17.8 Å². The second-order valence-electron chi connectivity index (χ2n) is 7.19. The van der Waals surface area contributed by atoms with Gasteiger partial charge in [0.1, 0.15) is 6.61 Å². The van der Waals surface area contributed by atoms with E-state index in [1.165, 1.54) is 6.07 Å². The van der Waals surface area contributed by atoms with Crippen molar-refractivity contribution in [3.63, 3.8) is 0 Å². The van der Waals surface area contributed by atoms with Gasteiger partial charge in [-0.15, -0.1) is 5.11 Å². The highest BCUT2D eigenvalue weighted by molar-refractivity contribution is 6.08. The van der Waals surface area contributed by atoms with E-state index in [4.69, 9.17) is 9.57 Å². The lowest BCUT2D eigenvalue weighted by Crippen LogP contribution is -2.33. The average Bonchev–Trinajstić information content (AvgIpc) is 3.13. The molecule has 1 heterocycles. The summed E-state index contributed by atoms with van der Waals surface area (Å²) in [6.07, 6.45) is -2.21. The summed E-state index contributed by atoms with van der Waals surface area (Å²) in [5, 5.41) is 11.2. The van der Waals surface area contributed by atoms with E-state index in [2.05, 4.69) is 20.4 Å². The topological polar surface area (TPSA) is 85.0 Å². The maximum Gasteiger partial charge on any atom is 0.416 e. The number of azo groups is 1. The van der Waals surface area contributed by atoms with Crippen molar-refractivity contribution in [2.75, 3.05) is 13.7 Å². The Morgan fingerprint density at radius 2 is 2.07 bits per heavy atom. The molecule has 1 aromatic rings. The van der Waals surface area contributed by atoms with Gasteiger partial charge in [-0.1, -0.05) is 29.3 Å². The normalized spacial score (nSPS) is 24.7. The number of hydrogen-bond acceptors (Lipinski definition) is 5. The molecule has 30 heavy (non-hydrogen) atoms. The van der Waals surface area contributed by atoms with Gasteiger partial charge in [0.05, 0.1) is 17.4 Å². The number of nitrogens with zero attached hydrogens (tertiary/aromatic N) is 4. The molecule has 1 aromatic carbocycles. The van der Waals surface area contributed by atoms with Crippen LogP contribution < -0.4 is 0 Å². The average molecular weight is 422 g/mol. The van der Waals surface area contributed by atoms with E-state index >= 15 is 0 Å². The Balaban J connectivity index is 1.67. The minimum Gasteiger partial charge on any atom is -0.395 e. The molecule has 160 valence electrons. The number of carbonyl (C=O) groups is 1. The number of oxime groups is 1. The van der Waals surface area contributed by atoms with Crippen LogP contribution in [0.25, 0.3) is 0 Å². The monoisotopic (exact) mass is 422 g/mol. The minimum absolute atomic E-state index is 0.0403. The molecule has 0 saturated heterocycles. The fraction of sp³-hybridized carbons (Fsp3) is 0.450. The zero-order valence-electron chi connectivity index (χ0n) is 16.7. The summed E-state index contributed by atoms with van der Waals surface area (Å²) in [6.45, 7) is 3.78. The number of amides is 2. The fourth-order valence-electron chi connectivity index (χ4n) is 3.46. The van der Waals surface area contributed by atoms with Crippen molar-refractivity contribution < 1.29 is 27.5 Å². The highest BCUT2D eigenvalue weighted by Crippen LogP contribution is 2.33. The number of rotatable bonds is 6. The summed E-state index contributed by atoms with van der Waals surface area (Å²) >= 11 is 0. The molecule has 0 N–H and O–H groups in total. The van der Waals surface area contributed by atoms with Crippen LogP contribution in [0, 0.1) is 11.8 Å². The number of hydrogen-bond donors (Lipinski definition) is 0. The fourth-order valence-corrected chi connectivity index (χ4v) is 3.46. The van der Waals surface area contributed by atoms with Gasteiger partial charge in [-0.05, 0) is 43.0 Å². The summed E-state index contributed by atoms with van der Waals surface area (Å²) < 4.78 is 44.2. The van der Waals surface area contributed by atoms with Gasteiger partial charge in [-0.2, -0.15) is 18.2 Å². The molecule has 3 unspecified atom stereocenters. The molecule has 3 atom stereocenters. The Morgan fingerprint density at radius 3 is 2.70 bits per heavy atom. The Labute approximate surface area is 171 Å². The molecule has 1 aliphatic heterocycles. The molecule has 0 spiro atoms. The molecule has 0 saturated carbocycles. The van der Waals surface area contributed by atoms with Gasteiger partial charge in [0.2, 0.25) is 0 Å². The van der Waals surface area contributed by atoms with Crippen LogP contribution in [0.5, 0.6) is 0 Å². The largest absolute Gasteiger partial charge is 0.416 e. The van der Waals surface area contributed by atoms with Crippen LogP contribution in [0.15, 0.2) is 56.3 Å². The summed E-state index contributed by atoms with van der Waals surface area (Å²) in [7, 11) is 1.56. The van der Waals surface area contributed by atoms with Crippen LogP contribution in [-0.2, 0) is 15.8 Å². The van der Waals surface area contributed by atoms with Gasteiger partial charge < -0.3 is 9.57 Å². The van der Waals surface area contributed by atoms with Crippen molar-refractivity contribution in [3.05, 3.63) is 47.0 Å². The summed E-state index contributed by atoms with van der Waals surface area (Å²) in [5.41, 5.74) is 0.727. The predicted octanol–water partition coefficient (Wildman–Crippen LogP) is 5.03. The quantitative estimate of drug-likeness (QED) is 0.476. The third kappa shape index (κ3) is 4.99. The molecule has 1 aliphatic carbocycles. The summed E-state index contributed by atoms with van der Waals surface area (Å²) in [4.78, 5) is 20.4. The smallest absolute Gasteiger partial charge is 0.395 e. The standard InChI is InChI=1S/C20H21F3N4O3/c1-11-7-14(17(29-3)9-16(11)18-24-19(28)26-25-18)10-30-27-12(2)13-5-4-6-15(8-13)20(21,22)23/h4-6,8-9,11,14,17H,7,10H2,1-3H3. The van der Waals surface area contributed by atoms with Crippen LogP contribution in [-0.4, -0.2) is 37.4 Å². The summed E-state index contributed by atoms with van der Waals surface area (Å²) in [5.74, 6) is 0.302. The van der Waals surface area contributed by atoms with Crippen LogP contribution in [0.4, 0.5) is 18.0 Å². The SMILES string of the molecule is COC1C=C(C2=NC(=O)N=N2)C(C)CC1CON=C(C)c1cccc(C(F)(F)F)c1. The molecule has 0 fully saturated rings. The van der Waals surface area contributed by atoms with Crippen LogP contribution in [0.2, 0.25) is 0 Å². The maximum absolute atomic E-state index is 12.9. The van der Waals surface area contributed by atoms with Gasteiger partial charge in [-0.25, -0.2) is 4.79 Å². The van der Waals surface area contributed by atoms with E-state index in [1.807, 2.05) is 13.0 Å².